The number of H-pyrrole nitrogens is 1. The van der Waals surface area contributed by atoms with Crippen molar-refractivity contribution in [1.29, 1.82) is 5.26 Å². The van der Waals surface area contributed by atoms with Crippen molar-refractivity contribution in [2.75, 3.05) is 6.54 Å². The fraction of sp³-hybridized carbons (Fsp3) is 0.412. The van der Waals surface area contributed by atoms with Gasteiger partial charge in [0.25, 0.3) is 5.56 Å². The number of carbonyl (C=O) groups is 1. The molecule has 2 rings (SSSR count). The van der Waals surface area contributed by atoms with E-state index in [1.807, 2.05) is 23.0 Å². The minimum Gasteiger partial charge on any atom is -0.356 e. The van der Waals surface area contributed by atoms with E-state index in [-0.39, 0.29) is 17.0 Å². The van der Waals surface area contributed by atoms with E-state index < -0.39 is 0 Å². The molecule has 0 atom stereocenters. The predicted molar refractivity (Wildman–Crippen MR) is 89.4 cm³/mol. The highest BCUT2D eigenvalue weighted by Gasteiger charge is 2.13. The summed E-state index contributed by atoms with van der Waals surface area (Å²) >= 11 is 0. The van der Waals surface area contributed by atoms with Crippen LogP contribution in [0, 0.1) is 25.2 Å². The molecular formula is C17H21N5O2. The summed E-state index contributed by atoms with van der Waals surface area (Å²) in [5.74, 6) is -0.0426. The van der Waals surface area contributed by atoms with Gasteiger partial charge in [-0.15, -0.1) is 0 Å². The van der Waals surface area contributed by atoms with Crippen LogP contribution in [0.1, 0.15) is 35.2 Å². The third-order valence-electron chi connectivity index (χ3n) is 3.97. The van der Waals surface area contributed by atoms with Gasteiger partial charge >= 0.3 is 0 Å². The zero-order valence-corrected chi connectivity index (χ0v) is 13.9. The fourth-order valence-corrected chi connectivity index (χ4v) is 2.65. The zero-order chi connectivity index (χ0) is 17.5. The van der Waals surface area contributed by atoms with Crippen molar-refractivity contribution in [1.82, 2.24) is 20.1 Å². The minimum atomic E-state index is -0.376. The minimum absolute atomic E-state index is 0.0426. The summed E-state index contributed by atoms with van der Waals surface area (Å²) in [6.07, 6.45) is 5.23. The quantitative estimate of drug-likeness (QED) is 0.746. The number of aromatic amines is 1. The molecule has 0 unspecified atom stereocenters. The van der Waals surface area contributed by atoms with Gasteiger partial charge in [0.05, 0.1) is 0 Å². The summed E-state index contributed by atoms with van der Waals surface area (Å²) in [7, 11) is 0. The Labute approximate surface area is 140 Å². The third-order valence-corrected chi connectivity index (χ3v) is 3.97. The highest BCUT2D eigenvalue weighted by molar-refractivity contribution is 5.76. The molecule has 0 radical (unpaired) electrons. The molecule has 0 saturated heterocycles. The summed E-state index contributed by atoms with van der Waals surface area (Å²) in [5, 5.41) is 16.0. The lowest BCUT2D eigenvalue weighted by atomic mass is 9.99. The molecule has 2 heterocycles. The number of nitriles is 1. The Balaban J connectivity index is 1.83. The van der Waals surface area contributed by atoms with Crippen LogP contribution < -0.4 is 10.9 Å². The summed E-state index contributed by atoms with van der Waals surface area (Å²) < 4.78 is 1.82. The normalized spacial score (nSPS) is 10.4. The fourth-order valence-electron chi connectivity index (χ4n) is 2.65. The van der Waals surface area contributed by atoms with Gasteiger partial charge in [-0.2, -0.15) is 10.4 Å². The maximum absolute atomic E-state index is 12.0. The Morgan fingerprint density at radius 3 is 2.92 bits per heavy atom. The van der Waals surface area contributed by atoms with Crippen LogP contribution in [0.2, 0.25) is 0 Å². The van der Waals surface area contributed by atoms with E-state index in [9.17, 15) is 9.59 Å². The van der Waals surface area contributed by atoms with Gasteiger partial charge in [0.2, 0.25) is 5.91 Å². The molecule has 0 aliphatic carbocycles. The molecule has 1 amide bonds. The van der Waals surface area contributed by atoms with Crippen molar-refractivity contribution in [2.24, 2.45) is 0 Å². The van der Waals surface area contributed by atoms with Crippen LogP contribution in [0.5, 0.6) is 0 Å². The number of aryl methyl sites for hydroxylation is 2. The maximum atomic E-state index is 12.0. The number of hydrogen-bond acceptors (Lipinski definition) is 4. The van der Waals surface area contributed by atoms with E-state index in [2.05, 4.69) is 15.4 Å². The van der Waals surface area contributed by atoms with Crippen molar-refractivity contribution in [3.05, 3.63) is 51.2 Å². The van der Waals surface area contributed by atoms with Gasteiger partial charge in [0, 0.05) is 37.6 Å². The van der Waals surface area contributed by atoms with Gasteiger partial charge in [-0.05, 0) is 43.9 Å². The Morgan fingerprint density at radius 2 is 2.25 bits per heavy atom. The topological polar surface area (TPSA) is 104 Å². The second kappa shape index (κ2) is 8.11. The molecule has 0 aliphatic heterocycles. The Hall–Kier alpha value is -2.88. The number of rotatable bonds is 7. The highest BCUT2D eigenvalue weighted by Crippen LogP contribution is 2.14. The molecular weight excluding hydrogens is 306 g/mol. The lowest BCUT2D eigenvalue weighted by Gasteiger charge is -2.11. The Bertz CT molecular complexity index is 800. The molecule has 7 heteroatoms. The van der Waals surface area contributed by atoms with Crippen LogP contribution in [0.4, 0.5) is 0 Å². The van der Waals surface area contributed by atoms with Crippen molar-refractivity contribution in [3.63, 3.8) is 0 Å². The summed E-state index contributed by atoms with van der Waals surface area (Å²) in [6.45, 7) is 4.88. The van der Waals surface area contributed by atoms with Crippen molar-refractivity contribution >= 4 is 5.91 Å². The molecule has 0 fully saturated rings. The first kappa shape index (κ1) is 17.5. The van der Waals surface area contributed by atoms with Gasteiger partial charge in [0.15, 0.2) is 0 Å². The molecule has 24 heavy (non-hydrogen) atoms. The average Bonchev–Trinajstić information content (AvgIpc) is 3.04. The van der Waals surface area contributed by atoms with Crippen LogP contribution in [0.15, 0.2) is 23.3 Å². The number of pyridine rings is 1. The third kappa shape index (κ3) is 4.32. The van der Waals surface area contributed by atoms with Crippen LogP contribution in [0.3, 0.4) is 0 Å². The number of aromatic nitrogens is 3. The molecule has 0 aromatic carbocycles. The number of nitrogens with one attached hydrogen (secondary N) is 2. The first-order valence-corrected chi connectivity index (χ1v) is 7.89. The van der Waals surface area contributed by atoms with E-state index in [0.717, 1.165) is 18.5 Å². The summed E-state index contributed by atoms with van der Waals surface area (Å²) in [6, 6.07) is 3.79. The maximum Gasteiger partial charge on any atom is 0.266 e. The van der Waals surface area contributed by atoms with Gasteiger partial charge in [-0.1, -0.05) is 0 Å². The molecule has 7 nitrogen and oxygen atoms in total. The second-order valence-electron chi connectivity index (χ2n) is 5.64. The van der Waals surface area contributed by atoms with Crippen molar-refractivity contribution in [3.8, 4) is 6.07 Å². The Morgan fingerprint density at radius 1 is 1.46 bits per heavy atom. The van der Waals surface area contributed by atoms with Crippen LogP contribution in [-0.2, 0) is 17.8 Å². The second-order valence-corrected chi connectivity index (χ2v) is 5.64. The zero-order valence-electron chi connectivity index (χ0n) is 13.9. The number of nitrogens with zero attached hydrogens (tertiary/aromatic N) is 3. The molecule has 0 spiro atoms. The molecule has 0 bridgehead atoms. The lowest BCUT2D eigenvalue weighted by molar-refractivity contribution is -0.121. The van der Waals surface area contributed by atoms with Crippen molar-refractivity contribution < 1.29 is 4.79 Å². The average molecular weight is 327 g/mol. The first-order valence-electron chi connectivity index (χ1n) is 7.89. The predicted octanol–water partition coefficient (Wildman–Crippen LogP) is 1.20. The summed E-state index contributed by atoms with van der Waals surface area (Å²) in [5.41, 5.74) is 1.97. The molecule has 2 N–H and O–H groups in total. The van der Waals surface area contributed by atoms with E-state index in [4.69, 9.17) is 5.26 Å². The van der Waals surface area contributed by atoms with Crippen LogP contribution >= 0.6 is 0 Å². The lowest BCUT2D eigenvalue weighted by Crippen LogP contribution is -2.26. The van der Waals surface area contributed by atoms with Gasteiger partial charge < -0.3 is 10.3 Å². The van der Waals surface area contributed by atoms with E-state index in [1.165, 1.54) is 0 Å². The molecule has 126 valence electrons. The highest BCUT2D eigenvalue weighted by atomic mass is 16.1. The van der Waals surface area contributed by atoms with Crippen LogP contribution in [-0.4, -0.2) is 27.2 Å². The molecule has 2 aromatic heterocycles. The molecule has 0 aliphatic rings. The smallest absolute Gasteiger partial charge is 0.266 e. The van der Waals surface area contributed by atoms with E-state index in [1.54, 1.807) is 20.0 Å². The Kier molecular flexibility index (Phi) is 5.90. The SMILES string of the molecule is Cc1[nH]c(=O)c(C#N)c(C)c1CCC(=O)NCCCn1cccn1. The standard InChI is InChI=1S/C17H21N5O2/c1-12-14(13(2)21-17(24)15(12)11-18)5-6-16(23)19-7-3-9-22-10-4-8-20-22/h4,8,10H,3,5-7,9H2,1-2H3,(H,19,23)(H,21,24). The molecule has 0 saturated carbocycles. The van der Waals surface area contributed by atoms with Gasteiger partial charge in [0.1, 0.15) is 11.6 Å². The monoisotopic (exact) mass is 327 g/mol. The first-order chi connectivity index (χ1) is 11.5. The number of amides is 1. The van der Waals surface area contributed by atoms with Crippen molar-refractivity contribution in [2.45, 2.75) is 39.7 Å². The number of hydrogen-bond donors (Lipinski definition) is 2. The largest absolute Gasteiger partial charge is 0.356 e. The molecule has 2 aromatic rings. The van der Waals surface area contributed by atoms with E-state index in [0.29, 0.717) is 30.6 Å². The van der Waals surface area contributed by atoms with Crippen LogP contribution in [0.25, 0.3) is 0 Å². The van der Waals surface area contributed by atoms with Gasteiger partial charge in [-0.3, -0.25) is 14.3 Å². The van der Waals surface area contributed by atoms with Gasteiger partial charge in [-0.25, -0.2) is 0 Å². The summed E-state index contributed by atoms with van der Waals surface area (Å²) in [4.78, 5) is 26.3. The van der Waals surface area contributed by atoms with E-state index >= 15 is 0 Å². The number of carbonyl (C=O) groups excluding carboxylic acids is 1.